The molecule has 0 aliphatic heterocycles. The summed E-state index contributed by atoms with van der Waals surface area (Å²) in [4.78, 5) is 62.4. The second kappa shape index (κ2) is 25.2. The molecule has 0 unspecified atom stereocenters. The zero-order valence-corrected chi connectivity index (χ0v) is 49.1. The Morgan fingerprint density at radius 3 is 1.41 bits per heavy atom. The third-order valence-corrected chi connectivity index (χ3v) is 14.3. The Balaban J connectivity index is 0.000000224. The van der Waals surface area contributed by atoms with Gasteiger partial charge in [0, 0.05) is 119 Å². The summed E-state index contributed by atoms with van der Waals surface area (Å²) < 4.78 is 149. The third kappa shape index (κ3) is 13.5. The third-order valence-electron chi connectivity index (χ3n) is 13.0. The molecule has 3 aromatic carbocycles. The minimum atomic E-state index is -4.78. The van der Waals surface area contributed by atoms with E-state index in [1.807, 2.05) is 4.72 Å². The van der Waals surface area contributed by atoms with Crippen LogP contribution in [-0.2, 0) is 29.4 Å². The van der Waals surface area contributed by atoms with Crippen LogP contribution < -0.4 is 49.5 Å². The van der Waals surface area contributed by atoms with Gasteiger partial charge in [0.05, 0.1) is 53.1 Å². The van der Waals surface area contributed by atoms with Gasteiger partial charge in [-0.1, -0.05) is 0 Å². The SMILES string of the molecule is COc1cc(Nc2ncc(-c3cnc(OC)c(C(=O)NS(=O)(=O)c4ccc5c(c4)oc(=O)n5C)c3)c(-n3nc(C(F)(F)F)cc3C)n2)cc(OC)c1.COc1cc(Nc2ncc(-c3cnc(OC)c(C(=O)O)c3)c(-n3nc(C(F)(F)F)cc3C)n2)cc(OC)c1. The summed E-state index contributed by atoms with van der Waals surface area (Å²) in [5.41, 5.74) is -0.996. The number of nitrogens with zero attached hydrogens (tertiary/aromatic N) is 11. The highest BCUT2D eigenvalue weighted by atomic mass is 32.2. The van der Waals surface area contributed by atoms with E-state index < -0.39 is 51.4 Å². The second-order valence-corrected chi connectivity index (χ2v) is 20.5. The number of carboxylic acid groups (broad SMARTS) is 1. The first-order valence-electron chi connectivity index (χ1n) is 25.7. The van der Waals surface area contributed by atoms with Crippen LogP contribution in [0.3, 0.4) is 0 Å². The smallest absolute Gasteiger partial charge is 0.435 e. The van der Waals surface area contributed by atoms with Gasteiger partial charge in [-0.3, -0.25) is 9.36 Å². The van der Waals surface area contributed by atoms with Crippen LogP contribution in [0.1, 0.15) is 43.5 Å². The fourth-order valence-corrected chi connectivity index (χ4v) is 9.61. The number of carbonyl (C=O) groups is 2. The Labute approximate surface area is 503 Å². The largest absolute Gasteiger partial charge is 0.497 e. The fraction of sp³-hybridized carbons (Fsp3) is 0.196. The topological polar surface area (TPSA) is 328 Å². The highest BCUT2D eigenvalue weighted by Crippen LogP contribution is 2.37. The normalized spacial score (nSPS) is 11.5. The van der Waals surface area contributed by atoms with Gasteiger partial charge in [-0.2, -0.15) is 46.5 Å². The summed E-state index contributed by atoms with van der Waals surface area (Å²) >= 11 is 0. The van der Waals surface area contributed by atoms with Crippen molar-refractivity contribution in [2.45, 2.75) is 31.1 Å². The number of fused-ring (bicyclic) bond motifs is 1. The van der Waals surface area contributed by atoms with E-state index >= 15 is 0 Å². The zero-order valence-electron chi connectivity index (χ0n) is 48.3. The number of anilines is 4. The van der Waals surface area contributed by atoms with Crippen molar-refractivity contribution in [2.75, 3.05) is 53.3 Å². The summed E-state index contributed by atoms with van der Waals surface area (Å²) in [6, 6.07) is 17.6. The number of rotatable bonds is 18. The molecular weight excluding hydrogens is 1220 g/mol. The van der Waals surface area contributed by atoms with Gasteiger partial charge in [-0.15, -0.1) is 0 Å². The number of hydrogen-bond donors (Lipinski definition) is 4. The summed E-state index contributed by atoms with van der Waals surface area (Å²) in [6.07, 6.45) is -4.35. The number of amides is 1. The van der Waals surface area contributed by atoms with Gasteiger partial charge in [-0.25, -0.2) is 52.0 Å². The van der Waals surface area contributed by atoms with Crippen molar-refractivity contribution in [1.82, 2.24) is 58.8 Å². The summed E-state index contributed by atoms with van der Waals surface area (Å²) in [7, 11) is 5.24. The number of aromatic carboxylic acids is 1. The van der Waals surface area contributed by atoms with Crippen LogP contribution in [0, 0.1) is 13.8 Å². The molecule has 0 saturated heterocycles. The first-order chi connectivity index (χ1) is 42.6. The Kier molecular flexibility index (Phi) is 17.7. The van der Waals surface area contributed by atoms with Crippen molar-refractivity contribution in [1.29, 1.82) is 0 Å². The Hall–Kier alpha value is -11.3. The maximum atomic E-state index is 13.7. The zero-order chi connectivity index (χ0) is 65.1. The molecular formula is C56H48F6N14O13S. The molecule has 10 rings (SSSR count). The van der Waals surface area contributed by atoms with Crippen LogP contribution in [0.5, 0.6) is 34.8 Å². The van der Waals surface area contributed by atoms with E-state index in [4.69, 9.17) is 32.8 Å². The molecule has 90 heavy (non-hydrogen) atoms. The molecule has 0 spiro atoms. The van der Waals surface area contributed by atoms with E-state index in [0.29, 0.717) is 39.9 Å². The molecule has 468 valence electrons. The van der Waals surface area contributed by atoms with Gasteiger partial charge in [0.25, 0.3) is 15.9 Å². The molecule has 27 nitrogen and oxygen atoms in total. The number of sulfonamides is 1. The van der Waals surface area contributed by atoms with Crippen molar-refractivity contribution < 1.29 is 82.3 Å². The molecule has 10 aromatic rings. The molecule has 7 heterocycles. The van der Waals surface area contributed by atoms with E-state index in [2.05, 4.69) is 50.7 Å². The monoisotopic (exact) mass is 1270 g/mol. The minimum Gasteiger partial charge on any atom is -0.497 e. The summed E-state index contributed by atoms with van der Waals surface area (Å²) in [5.74, 6) is -2.02. The van der Waals surface area contributed by atoms with Crippen molar-refractivity contribution in [3.63, 3.8) is 0 Å². The summed E-state index contributed by atoms with van der Waals surface area (Å²) in [5, 5.41) is 22.9. The molecule has 7 aromatic heterocycles. The fourth-order valence-electron chi connectivity index (χ4n) is 8.63. The number of aromatic nitrogens is 11. The van der Waals surface area contributed by atoms with Gasteiger partial charge in [-0.05, 0) is 50.2 Å². The highest BCUT2D eigenvalue weighted by molar-refractivity contribution is 7.90. The predicted octanol–water partition coefficient (Wildman–Crippen LogP) is 8.90. The standard InChI is InChI=1S/C32H27F3N8O8S.C24H21F3N6O5/c1-16-8-26(32(33,34)35)40-43(16)27-23(15-37-30(39-27)38-18-10-19(48-3)12-20(11-18)49-4)17-9-22(29(50-5)36-14-17)28(44)41-52(46,47)21-6-7-24-25(13-21)51-31(45)42(24)2;1-12-5-19(24(25,26)27)32-33(12)20-18(13-6-17(22(34)35)21(38-4)28-10-13)11-29-23(31-20)30-14-7-15(36-2)9-16(8-14)37-3/h6-15H,1-5H3,(H,41,44)(H,37,38,39);5-11H,1-4H3,(H,34,35)(H,29,30,31). The van der Waals surface area contributed by atoms with Crippen molar-refractivity contribution in [3.8, 4) is 68.6 Å². The van der Waals surface area contributed by atoms with E-state index in [1.54, 1.807) is 36.4 Å². The number of aryl methyl sites for hydroxylation is 3. The number of nitrogens with one attached hydrogen (secondary N) is 3. The number of halogens is 6. The first-order valence-corrected chi connectivity index (χ1v) is 27.2. The average Bonchev–Trinajstić information content (AvgIpc) is 1.77. The highest BCUT2D eigenvalue weighted by Gasteiger charge is 2.37. The number of carboxylic acids is 1. The van der Waals surface area contributed by atoms with E-state index in [-0.39, 0.29) is 90.5 Å². The van der Waals surface area contributed by atoms with Crippen LogP contribution in [0.25, 0.3) is 45.0 Å². The molecule has 0 aliphatic carbocycles. The van der Waals surface area contributed by atoms with E-state index in [9.17, 15) is 54.3 Å². The molecule has 4 N–H and O–H groups in total. The lowest BCUT2D eigenvalue weighted by atomic mass is 10.1. The molecule has 0 aliphatic rings. The molecule has 0 atom stereocenters. The lowest BCUT2D eigenvalue weighted by molar-refractivity contribution is -0.142. The Bertz CT molecular complexity index is 4550. The van der Waals surface area contributed by atoms with Gasteiger partial charge in [0.1, 0.15) is 34.1 Å². The summed E-state index contributed by atoms with van der Waals surface area (Å²) in [6.45, 7) is 2.82. The number of benzene rings is 3. The van der Waals surface area contributed by atoms with Crippen LogP contribution in [0.2, 0.25) is 0 Å². The lowest BCUT2D eigenvalue weighted by Crippen LogP contribution is -2.31. The number of hydrogen-bond acceptors (Lipinski definition) is 22. The van der Waals surface area contributed by atoms with E-state index in [0.717, 1.165) is 27.6 Å². The van der Waals surface area contributed by atoms with Crippen LogP contribution in [0.15, 0.2) is 118 Å². The first kappa shape index (κ1) is 63.2. The predicted molar refractivity (Wildman–Crippen MR) is 306 cm³/mol. The Morgan fingerprint density at radius 1 is 0.578 bits per heavy atom. The van der Waals surface area contributed by atoms with Gasteiger partial charge >= 0.3 is 24.1 Å². The number of ether oxygens (including phenoxy) is 6. The minimum absolute atomic E-state index is 0.0162. The van der Waals surface area contributed by atoms with Gasteiger partial charge in [0.15, 0.2) is 28.6 Å². The van der Waals surface area contributed by atoms with Crippen LogP contribution in [-0.4, -0.2) is 122 Å². The maximum Gasteiger partial charge on any atom is 0.435 e. The average molecular weight is 1270 g/mol. The van der Waals surface area contributed by atoms with Crippen molar-refractivity contribution in [3.05, 3.63) is 148 Å². The second-order valence-electron chi connectivity index (χ2n) is 18.8. The molecule has 1 amide bonds. The molecule has 0 fully saturated rings. The number of pyridine rings is 2. The molecule has 0 bridgehead atoms. The number of alkyl halides is 6. The molecule has 34 heteroatoms. The Morgan fingerprint density at radius 2 is 1.01 bits per heavy atom. The van der Waals surface area contributed by atoms with Crippen molar-refractivity contribution >= 4 is 56.3 Å². The van der Waals surface area contributed by atoms with Crippen molar-refractivity contribution in [2.24, 2.45) is 7.05 Å². The maximum absolute atomic E-state index is 13.7. The number of oxazole rings is 1. The van der Waals surface area contributed by atoms with Crippen LogP contribution in [0.4, 0.5) is 49.6 Å². The number of methoxy groups -OCH3 is 6. The van der Waals surface area contributed by atoms with Crippen LogP contribution >= 0.6 is 0 Å². The van der Waals surface area contributed by atoms with Gasteiger partial charge < -0.3 is 48.6 Å². The molecule has 0 saturated carbocycles. The van der Waals surface area contributed by atoms with E-state index in [1.165, 1.54) is 117 Å². The lowest BCUT2D eigenvalue weighted by Gasteiger charge is -2.15. The number of carbonyl (C=O) groups excluding carboxylic acids is 1. The quantitative estimate of drug-likeness (QED) is 0.0582. The van der Waals surface area contributed by atoms with Gasteiger partial charge in [0.2, 0.25) is 23.7 Å². The molecule has 0 radical (unpaired) electrons.